The van der Waals surface area contributed by atoms with Crippen LogP contribution in [0.15, 0.2) is 24.9 Å². The Labute approximate surface area is 123 Å². The van der Waals surface area contributed by atoms with Crippen LogP contribution in [0.2, 0.25) is 0 Å². The predicted octanol–water partition coefficient (Wildman–Crippen LogP) is 4.51. The van der Waals surface area contributed by atoms with Crippen LogP contribution >= 0.6 is 11.5 Å². The molecule has 2 nitrogen and oxygen atoms in total. The number of benzene rings is 1. The van der Waals surface area contributed by atoms with Gasteiger partial charge in [-0.2, -0.15) is 0 Å². The van der Waals surface area contributed by atoms with Gasteiger partial charge in [0.05, 0.1) is 11.8 Å². The summed E-state index contributed by atoms with van der Waals surface area (Å²) < 4.78 is 4.21. The Morgan fingerprint density at radius 1 is 1.40 bits per heavy atom. The third kappa shape index (κ3) is 2.22. The normalized spacial score (nSPS) is 14.3. The van der Waals surface area contributed by atoms with Crippen molar-refractivity contribution in [2.75, 3.05) is 0 Å². The number of hydrogen-bond acceptors (Lipinski definition) is 3. The Balaban J connectivity index is 2.04. The first-order chi connectivity index (χ1) is 9.61. The van der Waals surface area contributed by atoms with E-state index in [4.69, 9.17) is 0 Å². The van der Waals surface area contributed by atoms with Gasteiger partial charge in [0, 0.05) is 10.4 Å². The van der Waals surface area contributed by atoms with Crippen LogP contribution in [-0.2, 0) is 0 Å². The zero-order chi connectivity index (χ0) is 14.3. The quantitative estimate of drug-likeness (QED) is 0.773. The van der Waals surface area contributed by atoms with Gasteiger partial charge in [-0.15, -0.1) is 0 Å². The number of hydrogen-bond donors (Lipinski definition) is 0. The summed E-state index contributed by atoms with van der Waals surface area (Å²) in [6.45, 7) is 7.92. The standard InChI is InChI=1S/C17H17NOS/c1-4-12-8-14(7-10(2)11(12)3)16(19)15-9-18-20-17(15)13-5-6-13/h4,7-9,13H,1,5-6H2,2-3H3. The molecule has 3 heteroatoms. The second-order valence-electron chi connectivity index (χ2n) is 5.42. The molecule has 1 fully saturated rings. The van der Waals surface area contributed by atoms with E-state index in [1.54, 1.807) is 6.20 Å². The van der Waals surface area contributed by atoms with Crippen LogP contribution in [0.5, 0.6) is 0 Å². The Hall–Kier alpha value is -1.74. The van der Waals surface area contributed by atoms with E-state index in [0.717, 1.165) is 27.1 Å². The molecule has 3 rings (SSSR count). The molecule has 0 unspecified atom stereocenters. The van der Waals surface area contributed by atoms with Gasteiger partial charge in [0.25, 0.3) is 0 Å². The van der Waals surface area contributed by atoms with Crippen molar-refractivity contribution in [2.24, 2.45) is 0 Å². The summed E-state index contributed by atoms with van der Waals surface area (Å²) in [4.78, 5) is 13.9. The molecule has 0 N–H and O–H groups in total. The lowest BCUT2D eigenvalue weighted by atomic mass is 9.95. The monoisotopic (exact) mass is 283 g/mol. The van der Waals surface area contributed by atoms with Crippen LogP contribution in [0.4, 0.5) is 0 Å². The second-order valence-corrected chi connectivity index (χ2v) is 6.25. The molecule has 0 aliphatic heterocycles. The molecule has 0 bridgehead atoms. The van der Waals surface area contributed by atoms with Crippen LogP contribution in [0.25, 0.3) is 6.08 Å². The van der Waals surface area contributed by atoms with E-state index in [1.165, 1.54) is 29.9 Å². The van der Waals surface area contributed by atoms with Crippen molar-refractivity contribution >= 4 is 23.4 Å². The lowest BCUT2D eigenvalue weighted by Crippen LogP contribution is -2.04. The summed E-state index contributed by atoms with van der Waals surface area (Å²) in [5.41, 5.74) is 4.87. The zero-order valence-corrected chi connectivity index (χ0v) is 12.6. The van der Waals surface area contributed by atoms with Gasteiger partial charge in [0.1, 0.15) is 0 Å². The molecule has 1 aromatic carbocycles. The fourth-order valence-electron chi connectivity index (χ4n) is 2.44. The molecule has 1 aliphatic carbocycles. The van der Waals surface area contributed by atoms with E-state index in [9.17, 15) is 4.79 Å². The Kier molecular flexibility index (Phi) is 3.30. The molecule has 1 aromatic heterocycles. The lowest BCUT2D eigenvalue weighted by molar-refractivity contribution is 0.103. The smallest absolute Gasteiger partial charge is 0.195 e. The summed E-state index contributed by atoms with van der Waals surface area (Å²) in [6.07, 6.45) is 5.91. The van der Waals surface area contributed by atoms with Gasteiger partial charge in [-0.1, -0.05) is 12.7 Å². The molecular formula is C17H17NOS. The van der Waals surface area contributed by atoms with Gasteiger partial charge in [-0.25, -0.2) is 4.37 Å². The first-order valence-corrected chi connectivity index (χ1v) is 7.62. The van der Waals surface area contributed by atoms with Crippen LogP contribution in [0.1, 0.15) is 56.2 Å². The minimum Gasteiger partial charge on any atom is -0.289 e. The van der Waals surface area contributed by atoms with Crippen molar-refractivity contribution in [3.63, 3.8) is 0 Å². The number of carbonyl (C=O) groups excluding carboxylic acids is 1. The van der Waals surface area contributed by atoms with Crippen molar-refractivity contribution < 1.29 is 4.79 Å². The molecule has 102 valence electrons. The first-order valence-electron chi connectivity index (χ1n) is 6.84. The zero-order valence-electron chi connectivity index (χ0n) is 11.8. The van der Waals surface area contributed by atoms with Gasteiger partial charge < -0.3 is 0 Å². The highest BCUT2D eigenvalue weighted by Crippen LogP contribution is 2.44. The Morgan fingerprint density at radius 2 is 2.15 bits per heavy atom. The molecule has 0 saturated heterocycles. The fourth-order valence-corrected chi connectivity index (χ4v) is 3.34. The minimum absolute atomic E-state index is 0.0897. The average molecular weight is 283 g/mol. The highest BCUT2D eigenvalue weighted by molar-refractivity contribution is 7.06. The van der Waals surface area contributed by atoms with Gasteiger partial charge in [-0.3, -0.25) is 4.79 Å². The van der Waals surface area contributed by atoms with Crippen molar-refractivity contribution in [1.82, 2.24) is 4.37 Å². The molecule has 1 aliphatic rings. The molecule has 0 radical (unpaired) electrons. The highest BCUT2D eigenvalue weighted by Gasteiger charge is 2.30. The minimum atomic E-state index is 0.0897. The second kappa shape index (κ2) is 4.98. The SMILES string of the molecule is C=Cc1cc(C(=O)c2cnsc2C2CC2)cc(C)c1C. The number of aryl methyl sites for hydroxylation is 1. The van der Waals surface area contributed by atoms with Gasteiger partial charge >= 0.3 is 0 Å². The van der Waals surface area contributed by atoms with Crippen molar-refractivity contribution in [2.45, 2.75) is 32.6 Å². The van der Waals surface area contributed by atoms with Crippen molar-refractivity contribution in [1.29, 1.82) is 0 Å². The van der Waals surface area contributed by atoms with E-state index >= 15 is 0 Å². The topological polar surface area (TPSA) is 30.0 Å². The maximum Gasteiger partial charge on any atom is 0.195 e. The molecular weight excluding hydrogens is 266 g/mol. The number of aromatic nitrogens is 1. The van der Waals surface area contributed by atoms with Crippen molar-refractivity contribution in [3.05, 3.63) is 57.6 Å². The average Bonchev–Trinajstić information content (AvgIpc) is 3.18. The molecule has 0 spiro atoms. The molecule has 2 aromatic rings. The number of nitrogens with zero attached hydrogens (tertiary/aromatic N) is 1. The van der Waals surface area contributed by atoms with Gasteiger partial charge in [0.2, 0.25) is 0 Å². The van der Waals surface area contributed by atoms with Crippen LogP contribution in [-0.4, -0.2) is 10.2 Å². The fraction of sp³-hybridized carbons (Fsp3) is 0.294. The third-order valence-corrected chi connectivity index (χ3v) is 4.94. The molecule has 1 heterocycles. The lowest BCUT2D eigenvalue weighted by Gasteiger charge is -2.09. The van der Waals surface area contributed by atoms with E-state index < -0.39 is 0 Å². The molecule has 0 atom stereocenters. The Morgan fingerprint density at radius 3 is 2.80 bits per heavy atom. The predicted molar refractivity (Wildman–Crippen MR) is 83.5 cm³/mol. The first kappa shape index (κ1) is 13.3. The van der Waals surface area contributed by atoms with E-state index in [-0.39, 0.29) is 5.78 Å². The molecule has 1 saturated carbocycles. The maximum atomic E-state index is 12.7. The van der Waals surface area contributed by atoms with E-state index in [1.807, 2.05) is 25.1 Å². The van der Waals surface area contributed by atoms with E-state index in [2.05, 4.69) is 17.9 Å². The summed E-state index contributed by atoms with van der Waals surface area (Å²) in [7, 11) is 0. The number of carbonyl (C=O) groups is 1. The largest absolute Gasteiger partial charge is 0.289 e. The summed E-state index contributed by atoms with van der Waals surface area (Å²) in [5, 5.41) is 0. The third-order valence-electron chi connectivity index (χ3n) is 3.98. The molecule has 20 heavy (non-hydrogen) atoms. The highest BCUT2D eigenvalue weighted by atomic mass is 32.1. The summed E-state index contributed by atoms with van der Waals surface area (Å²) in [5.74, 6) is 0.652. The summed E-state index contributed by atoms with van der Waals surface area (Å²) in [6, 6.07) is 3.91. The van der Waals surface area contributed by atoms with Gasteiger partial charge in [0.15, 0.2) is 5.78 Å². The number of rotatable bonds is 4. The maximum absolute atomic E-state index is 12.7. The van der Waals surface area contributed by atoms with Gasteiger partial charge in [-0.05, 0) is 73.0 Å². The van der Waals surface area contributed by atoms with Crippen LogP contribution in [0.3, 0.4) is 0 Å². The van der Waals surface area contributed by atoms with E-state index in [0.29, 0.717) is 5.92 Å². The summed E-state index contributed by atoms with van der Waals surface area (Å²) >= 11 is 1.47. The Bertz CT molecular complexity index is 695. The molecule has 0 amide bonds. The van der Waals surface area contributed by atoms with Crippen molar-refractivity contribution in [3.8, 4) is 0 Å². The number of ketones is 1. The van der Waals surface area contributed by atoms with Crippen LogP contribution in [0, 0.1) is 13.8 Å². The van der Waals surface area contributed by atoms with Crippen LogP contribution < -0.4 is 0 Å².